The van der Waals surface area contributed by atoms with Gasteiger partial charge in [0.2, 0.25) is 0 Å². The molecule has 1 fully saturated rings. The Balaban J connectivity index is 1.79. The maximum absolute atomic E-state index is 13.9. The van der Waals surface area contributed by atoms with Crippen LogP contribution in [0.3, 0.4) is 0 Å². The van der Waals surface area contributed by atoms with Crippen LogP contribution in [0.15, 0.2) is 52.7 Å². The number of rotatable bonds is 8. The second-order valence-electron chi connectivity index (χ2n) is 9.86. The molecule has 1 heterocycles. The zero-order chi connectivity index (χ0) is 27.6. The second kappa shape index (κ2) is 11.3. The number of ketones is 1. The van der Waals surface area contributed by atoms with Gasteiger partial charge in [-0.3, -0.25) is 9.79 Å². The van der Waals surface area contributed by atoms with E-state index >= 15 is 0 Å². The molecule has 0 radical (unpaired) electrons. The molecule has 4 rings (SSSR count). The van der Waals surface area contributed by atoms with Gasteiger partial charge in [-0.25, -0.2) is 4.79 Å². The number of nitrogens with zero attached hydrogens (tertiary/aromatic N) is 1. The number of Topliss-reactive ketones (excluding diaryl/α,β-unsaturated/α-hetero) is 1. The van der Waals surface area contributed by atoms with Crippen molar-refractivity contribution in [3.05, 3.63) is 58.8 Å². The molecule has 1 aliphatic heterocycles. The van der Waals surface area contributed by atoms with Gasteiger partial charge >= 0.3 is 5.97 Å². The lowest BCUT2D eigenvalue weighted by Gasteiger charge is -2.38. The number of carbonyl (C=O) groups excluding carboxylic acids is 2. The van der Waals surface area contributed by atoms with Crippen LogP contribution in [0.2, 0.25) is 0 Å². The van der Waals surface area contributed by atoms with Gasteiger partial charge in [0.05, 0.1) is 38.4 Å². The molecule has 38 heavy (non-hydrogen) atoms. The Morgan fingerprint density at radius 3 is 2.34 bits per heavy atom. The van der Waals surface area contributed by atoms with E-state index in [1.54, 1.807) is 47.1 Å². The van der Waals surface area contributed by atoms with Crippen molar-refractivity contribution in [1.82, 2.24) is 0 Å². The summed E-state index contributed by atoms with van der Waals surface area (Å²) in [5, 5.41) is 10.3. The van der Waals surface area contributed by atoms with Gasteiger partial charge in [0, 0.05) is 23.7 Å². The standard InChI is InChI=1S/C30H35NO7/c1-7-37-25-15-19(8-10-22(25)32)28-27(30(34)38-16(2)3)17(4)31-21-12-20(13-23(33)29(21)28)18-9-11-24(35-5)26(14-18)36-6/h8-11,14-16,20,28-29,32H,7,12-13H2,1-6H3/t20-,28+,29?/m1/s1. The molecule has 2 aromatic rings. The molecule has 0 bridgehead atoms. The van der Waals surface area contributed by atoms with Gasteiger partial charge in [0.1, 0.15) is 5.78 Å². The fourth-order valence-corrected chi connectivity index (χ4v) is 5.42. The first-order valence-electron chi connectivity index (χ1n) is 12.9. The van der Waals surface area contributed by atoms with Gasteiger partial charge in [-0.05, 0) is 75.4 Å². The molecule has 3 atom stereocenters. The molecule has 1 saturated carbocycles. The van der Waals surface area contributed by atoms with E-state index in [-0.39, 0.29) is 30.0 Å². The number of esters is 1. The van der Waals surface area contributed by atoms with E-state index in [0.717, 1.165) is 11.3 Å². The van der Waals surface area contributed by atoms with E-state index in [4.69, 9.17) is 23.9 Å². The predicted molar refractivity (Wildman–Crippen MR) is 143 cm³/mol. The number of hydrogen-bond donors (Lipinski definition) is 1. The highest BCUT2D eigenvalue weighted by Crippen LogP contribution is 2.48. The topological polar surface area (TPSA) is 104 Å². The molecule has 202 valence electrons. The van der Waals surface area contributed by atoms with E-state index in [2.05, 4.69) is 0 Å². The normalized spacial score (nSPS) is 21.1. The first-order valence-corrected chi connectivity index (χ1v) is 12.9. The fraction of sp³-hybridized carbons (Fsp3) is 0.433. The Morgan fingerprint density at radius 1 is 1.00 bits per heavy atom. The van der Waals surface area contributed by atoms with Crippen LogP contribution in [-0.2, 0) is 14.3 Å². The summed E-state index contributed by atoms with van der Waals surface area (Å²) in [6, 6.07) is 10.7. The van der Waals surface area contributed by atoms with Gasteiger partial charge in [-0.1, -0.05) is 12.1 Å². The summed E-state index contributed by atoms with van der Waals surface area (Å²) < 4.78 is 22.0. The largest absolute Gasteiger partial charge is 0.504 e. The lowest BCUT2D eigenvalue weighted by molar-refractivity contribution is -0.143. The number of carbonyl (C=O) groups is 2. The summed E-state index contributed by atoms with van der Waals surface area (Å²) in [7, 11) is 3.17. The number of phenolic OH excluding ortho intramolecular Hbond substituents is 1. The molecule has 8 heteroatoms. The van der Waals surface area contributed by atoms with E-state index in [1.807, 2.05) is 25.1 Å². The Hall–Kier alpha value is -3.81. The molecule has 2 aliphatic rings. The van der Waals surface area contributed by atoms with Gasteiger partial charge < -0.3 is 24.1 Å². The van der Waals surface area contributed by atoms with Gasteiger partial charge in [-0.2, -0.15) is 0 Å². The van der Waals surface area contributed by atoms with Crippen molar-refractivity contribution in [3.63, 3.8) is 0 Å². The van der Waals surface area contributed by atoms with Crippen LogP contribution in [0.1, 0.15) is 63.5 Å². The molecule has 8 nitrogen and oxygen atoms in total. The van der Waals surface area contributed by atoms with Gasteiger partial charge in [-0.15, -0.1) is 0 Å². The van der Waals surface area contributed by atoms with Crippen LogP contribution in [0.4, 0.5) is 0 Å². The summed E-state index contributed by atoms with van der Waals surface area (Å²) >= 11 is 0. The summed E-state index contributed by atoms with van der Waals surface area (Å²) in [6.45, 7) is 7.54. The highest BCUT2D eigenvalue weighted by molar-refractivity contribution is 6.12. The first kappa shape index (κ1) is 27.2. The Labute approximate surface area is 223 Å². The summed E-state index contributed by atoms with van der Waals surface area (Å²) in [4.78, 5) is 32.0. The van der Waals surface area contributed by atoms with E-state index in [1.165, 1.54) is 6.07 Å². The average molecular weight is 522 g/mol. The lowest BCUT2D eigenvalue weighted by atomic mass is 9.66. The Morgan fingerprint density at radius 2 is 1.68 bits per heavy atom. The first-order chi connectivity index (χ1) is 18.2. The van der Waals surface area contributed by atoms with Crippen LogP contribution in [0, 0.1) is 5.92 Å². The van der Waals surface area contributed by atoms with Crippen molar-refractivity contribution in [1.29, 1.82) is 0 Å². The maximum atomic E-state index is 13.9. The number of phenols is 1. The number of allylic oxidation sites excluding steroid dienone is 1. The van der Waals surface area contributed by atoms with Crippen molar-refractivity contribution in [2.75, 3.05) is 20.8 Å². The number of methoxy groups -OCH3 is 2. The van der Waals surface area contributed by atoms with Crippen LogP contribution in [-0.4, -0.2) is 49.5 Å². The molecule has 1 aliphatic carbocycles. The SMILES string of the molecule is CCOc1cc([C@H]2C(C(=O)OC(C)C)=C(C)N=C3C[C@@H](c4ccc(OC)c(OC)c4)CC(=O)C32)ccc1O. The number of fused-ring (bicyclic) bond motifs is 1. The molecule has 0 aromatic heterocycles. The van der Waals surface area contributed by atoms with E-state index < -0.39 is 17.8 Å². The Bertz CT molecular complexity index is 1290. The van der Waals surface area contributed by atoms with Crippen LogP contribution >= 0.6 is 0 Å². The highest BCUT2D eigenvalue weighted by Gasteiger charge is 2.46. The van der Waals surface area contributed by atoms with Crippen molar-refractivity contribution in [2.24, 2.45) is 10.9 Å². The van der Waals surface area contributed by atoms with Crippen LogP contribution in [0.25, 0.3) is 0 Å². The Kier molecular flexibility index (Phi) is 8.09. The third-order valence-electron chi connectivity index (χ3n) is 7.04. The minimum Gasteiger partial charge on any atom is -0.504 e. The molecule has 0 saturated heterocycles. The minimum atomic E-state index is -0.621. The zero-order valence-corrected chi connectivity index (χ0v) is 22.7. The molecule has 0 spiro atoms. The van der Waals surface area contributed by atoms with Crippen molar-refractivity contribution in [2.45, 2.75) is 58.5 Å². The third-order valence-corrected chi connectivity index (χ3v) is 7.04. The number of hydrogen-bond acceptors (Lipinski definition) is 8. The zero-order valence-electron chi connectivity index (χ0n) is 22.7. The average Bonchev–Trinajstić information content (AvgIpc) is 2.88. The lowest BCUT2D eigenvalue weighted by Crippen LogP contribution is -2.41. The minimum absolute atomic E-state index is 0.00389. The molecular weight excluding hydrogens is 486 g/mol. The van der Waals surface area contributed by atoms with Crippen LogP contribution in [0.5, 0.6) is 23.0 Å². The smallest absolute Gasteiger partial charge is 0.336 e. The fourth-order valence-electron chi connectivity index (χ4n) is 5.42. The van der Waals surface area contributed by atoms with Gasteiger partial charge in [0.15, 0.2) is 23.0 Å². The molecule has 0 amide bonds. The second-order valence-corrected chi connectivity index (χ2v) is 9.86. The quantitative estimate of drug-likeness (QED) is 0.468. The number of aromatic hydroxyl groups is 1. The molecular formula is C30H35NO7. The van der Waals surface area contributed by atoms with Crippen molar-refractivity contribution in [3.8, 4) is 23.0 Å². The van der Waals surface area contributed by atoms with Crippen molar-refractivity contribution >= 4 is 17.5 Å². The predicted octanol–water partition coefficient (Wildman–Crippen LogP) is 5.33. The summed E-state index contributed by atoms with van der Waals surface area (Å²) in [6.07, 6.45) is 0.518. The molecule has 2 aromatic carbocycles. The summed E-state index contributed by atoms with van der Waals surface area (Å²) in [5.74, 6) is -0.295. The van der Waals surface area contributed by atoms with Crippen LogP contribution < -0.4 is 14.2 Å². The van der Waals surface area contributed by atoms with E-state index in [9.17, 15) is 14.7 Å². The monoisotopic (exact) mass is 521 g/mol. The number of ether oxygens (including phenoxy) is 4. The third kappa shape index (κ3) is 5.26. The molecule has 1 N–H and O–H groups in total. The molecule has 1 unspecified atom stereocenters. The maximum Gasteiger partial charge on any atom is 0.336 e. The number of aliphatic imine (C=N–C) groups is 1. The van der Waals surface area contributed by atoms with Gasteiger partial charge in [0.25, 0.3) is 0 Å². The summed E-state index contributed by atoms with van der Waals surface area (Å²) in [5.41, 5.74) is 3.27. The highest BCUT2D eigenvalue weighted by atomic mass is 16.5. The van der Waals surface area contributed by atoms with E-state index in [0.29, 0.717) is 47.1 Å². The number of benzene rings is 2. The van der Waals surface area contributed by atoms with Crippen molar-refractivity contribution < 1.29 is 33.6 Å².